The number of nitrogens with one attached hydrogen (secondary N) is 1. The smallest absolute Gasteiger partial charge is 0.256 e. The zero-order valence-corrected chi connectivity index (χ0v) is 11.5. The third-order valence-electron chi connectivity index (χ3n) is 3.09. The van der Waals surface area contributed by atoms with E-state index in [4.69, 9.17) is 0 Å². The van der Waals surface area contributed by atoms with E-state index in [2.05, 4.69) is 5.32 Å². The first-order valence-corrected chi connectivity index (χ1v) is 7.10. The number of ketones is 1. The minimum atomic E-state index is -1.03. The van der Waals surface area contributed by atoms with Crippen molar-refractivity contribution in [1.82, 2.24) is 0 Å². The molecular formula is C15H9F2NO2S. The van der Waals surface area contributed by atoms with Gasteiger partial charge in [0.15, 0.2) is 17.4 Å². The molecule has 1 aliphatic heterocycles. The van der Waals surface area contributed by atoms with Gasteiger partial charge >= 0.3 is 0 Å². The number of carbonyl (C=O) groups is 2. The highest BCUT2D eigenvalue weighted by molar-refractivity contribution is 8.00. The Bertz CT molecular complexity index is 761. The van der Waals surface area contributed by atoms with Crippen LogP contribution in [-0.2, 0) is 0 Å². The summed E-state index contributed by atoms with van der Waals surface area (Å²) in [6, 6.07) is 8.03. The van der Waals surface area contributed by atoms with Crippen LogP contribution in [0.5, 0.6) is 0 Å². The van der Waals surface area contributed by atoms with Crippen LogP contribution in [0.15, 0.2) is 41.3 Å². The highest BCUT2D eigenvalue weighted by atomic mass is 32.2. The molecule has 0 unspecified atom stereocenters. The summed E-state index contributed by atoms with van der Waals surface area (Å²) in [6.07, 6.45) is 0. The molecule has 2 aromatic carbocycles. The van der Waals surface area contributed by atoms with Crippen molar-refractivity contribution in [1.29, 1.82) is 0 Å². The summed E-state index contributed by atoms with van der Waals surface area (Å²) < 4.78 is 26.0. The van der Waals surface area contributed by atoms with Crippen molar-refractivity contribution in [2.75, 3.05) is 11.1 Å². The molecule has 1 heterocycles. The topological polar surface area (TPSA) is 46.2 Å². The molecule has 106 valence electrons. The van der Waals surface area contributed by atoms with E-state index < -0.39 is 17.5 Å². The number of rotatable bonds is 2. The fourth-order valence-corrected chi connectivity index (χ4v) is 3.16. The molecule has 1 aliphatic rings. The van der Waals surface area contributed by atoms with Gasteiger partial charge in [-0.1, -0.05) is 12.1 Å². The molecule has 21 heavy (non-hydrogen) atoms. The third kappa shape index (κ3) is 2.54. The SMILES string of the molecule is O=C1CSc2c1cccc2C(=O)Nc1ccc(F)c(F)c1. The molecule has 0 atom stereocenters. The van der Waals surface area contributed by atoms with Gasteiger partial charge in [-0.25, -0.2) is 8.78 Å². The number of thioether (sulfide) groups is 1. The fraction of sp³-hybridized carbons (Fsp3) is 0.0667. The number of fused-ring (bicyclic) bond motifs is 1. The largest absolute Gasteiger partial charge is 0.322 e. The normalized spacial score (nSPS) is 13.1. The van der Waals surface area contributed by atoms with Crippen molar-refractivity contribution in [3.05, 3.63) is 59.2 Å². The Hall–Kier alpha value is -2.21. The van der Waals surface area contributed by atoms with E-state index in [1.807, 2.05) is 0 Å². The quantitative estimate of drug-likeness (QED) is 0.923. The van der Waals surface area contributed by atoms with Crippen LogP contribution in [0.4, 0.5) is 14.5 Å². The molecule has 0 aromatic heterocycles. The van der Waals surface area contributed by atoms with Gasteiger partial charge in [0.2, 0.25) is 0 Å². The molecule has 1 amide bonds. The zero-order chi connectivity index (χ0) is 15.0. The second kappa shape index (κ2) is 5.29. The first-order chi connectivity index (χ1) is 10.1. The molecule has 1 N–H and O–H groups in total. The Balaban J connectivity index is 1.90. The van der Waals surface area contributed by atoms with Gasteiger partial charge in [-0.3, -0.25) is 9.59 Å². The highest BCUT2D eigenvalue weighted by Gasteiger charge is 2.25. The minimum Gasteiger partial charge on any atom is -0.322 e. The lowest BCUT2D eigenvalue weighted by Gasteiger charge is -2.08. The second-order valence-electron chi connectivity index (χ2n) is 4.48. The van der Waals surface area contributed by atoms with Gasteiger partial charge < -0.3 is 5.32 Å². The summed E-state index contributed by atoms with van der Waals surface area (Å²) >= 11 is 1.30. The molecule has 3 rings (SSSR count). The highest BCUT2D eigenvalue weighted by Crippen LogP contribution is 2.34. The molecule has 0 spiro atoms. The molecule has 0 bridgehead atoms. The van der Waals surface area contributed by atoms with E-state index in [-0.39, 0.29) is 11.5 Å². The van der Waals surface area contributed by atoms with Crippen molar-refractivity contribution in [2.24, 2.45) is 0 Å². The summed E-state index contributed by atoms with van der Waals surface area (Å²) in [7, 11) is 0. The van der Waals surface area contributed by atoms with Crippen molar-refractivity contribution < 1.29 is 18.4 Å². The molecular weight excluding hydrogens is 296 g/mol. The molecule has 3 nitrogen and oxygen atoms in total. The number of halogens is 2. The summed E-state index contributed by atoms with van der Waals surface area (Å²) in [5.74, 6) is -2.17. The Morgan fingerprint density at radius 3 is 2.71 bits per heavy atom. The lowest BCUT2D eigenvalue weighted by atomic mass is 10.1. The van der Waals surface area contributed by atoms with E-state index in [1.165, 1.54) is 17.8 Å². The second-order valence-corrected chi connectivity index (χ2v) is 5.46. The van der Waals surface area contributed by atoms with Crippen LogP contribution in [-0.4, -0.2) is 17.4 Å². The summed E-state index contributed by atoms with van der Waals surface area (Å²) in [5, 5.41) is 2.50. The zero-order valence-electron chi connectivity index (χ0n) is 10.7. The van der Waals surface area contributed by atoms with Crippen molar-refractivity contribution in [3.8, 4) is 0 Å². The van der Waals surface area contributed by atoms with Crippen molar-refractivity contribution >= 4 is 29.1 Å². The van der Waals surface area contributed by atoms with Crippen LogP contribution in [0, 0.1) is 11.6 Å². The molecule has 0 aliphatic carbocycles. The number of carbonyl (C=O) groups excluding carboxylic acids is 2. The van der Waals surface area contributed by atoms with E-state index in [9.17, 15) is 18.4 Å². The first-order valence-electron chi connectivity index (χ1n) is 6.11. The summed E-state index contributed by atoms with van der Waals surface area (Å²) in [6.45, 7) is 0. The number of hydrogen-bond acceptors (Lipinski definition) is 3. The molecule has 0 radical (unpaired) electrons. The van der Waals surface area contributed by atoms with Gasteiger partial charge in [-0.2, -0.15) is 0 Å². The monoisotopic (exact) mass is 305 g/mol. The van der Waals surface area contributed by atoms with E-state index >= 15 is 0 Å². The lowest BCUT2D eigenvalue weighted by molar-refractivity contribution is 0.102. The third-order valence-corrected chi connectivity index (χ3v) is 4.22. The summed E-state index contributed by atoms with van der Waals surface area (Å²) in [5.41, 5.74) is 1.04. The lowest BCUT2D eigenvalue weighted by Crippen LogP contribution is -2.13. The average molecular weight is 305 g/mol. The Morgan fingerprint density at radius 2 is 1.95 bits per heavy atom. The van der Waals surface area contributed by atoms with Gasteiger partial charge in [-0.15, -0.1) is 11.8 Å². The summed E-state index contributed by atoms with van der Waals surface area (Å²) in [4.78, 5) is 24.5. The maximum atomic E-state index is 13.1. The number of anilines is 1. The van der Waals surface area contributed by atoms with E-state index in [0.29, 0.717) is 21.8 Å². The molecule has 0 saturated heterocycles. The van der Waals surface area contributed by atoms with Crippen molar-refractivity contribution in [2.45, 2.75) is 4.90 Å². The molecule has 6 heteroatoms. The molecule has 0 saturated carbocycles. The number of amides is 1. The maximum Gasteiger partial charge on any atom is 0.256 e. The van der Waals surface area contributed by atoms with Crippen LogP contribution in [0.25, 0.3) is 0 Å². The number of Topliss-reactive ketones (excluding diaryl/α,β-unsaturated/α-hetero) is 1. The predicted octanol–water partition coefficient (Wildman–Crippen LogP) is 3.51. The Morgan fingerprint density at radius 1 is 1.14 bits per heavy atom. The van der Waals surface area contributed by atoms with Crippen LogP contribution >= 0.6 is 11.8 Å². The van der Waals surface area contributed by atoms with Gasteiger partial charge in [0.1, 0.15) is 0 Å². The number of hydrogen-bond donors (Lipinski definition) is 1. The minimum absolute atomic E-state index is 0.0162. The Kier molecular flexibility index (Phi) is 3.47. The van der Waals surface area contributed by atoms with Crippen LogP contribution < -0.4 is 5.32 Å². The van der Waals surface area contributed by atoms with Crippen LogP contribution in [0.2, 0.25) is 0 Å². The molecule has 0 fully saturated rings. The average Bonchev–Trinajstić information content (AvgIpc) is 2.85. The Labute approximate surface area is 123 Å². The standard InChI is InChI=1S/C15H9F2NO2S/c16-11-5-4-8(6-12(11)17)18-15(20)10-3-1-2-9-13(19)7-21-14(9)10/h1-6H,7H2,(H,18,20). The van der Waals surface area contributed by atoms with E-state index in [1.54, 1.807) is 18.2 Å². The van der Waals surface area contributed by atoms with Gasteiger partial charge in [0.25, 0.3) is 5.91 Å². The van der Waals surface area contributed by atoms with Gasteiger partial charge in [0, 0.05) is 22.2 Å². The maximum absolute atomic E-state index is 13.1. The van der Waals surface area contributed by atoms with E-state index in [0.717, 1.165) is 12.1 Å². The van der Waals surface area contributed by atoms with Crippen LogP contribution in [0.3, 0.4) is 0 Å². The first kappa shape index (κ1) is 13.8. The van der Waals surface area contributed by atoms with Gasteiger partial charge in [-0.05, 0) is 18.2 Å². The number of benzene rings is 2. The van der Waals surface area contributed by atoms with Crippen molar-refractivity contribution in [3.63, 3.8) is 0 Å². The fourth-order valence-electron chi connectivity index (χ4n) is 2.08. The predicted molar refractivity (Wildman–Crippen MR) is 75.8 cm³/mol. The van der Waals surface area contributed by atoms with Crippen LogP contribution in [0.1, 0.15) is 20.7 Å². The van der Waals surface area contributed by atoms with Gasteiger partial charge in [0.05, 0.1) is 11.3 Å². The molecule has 2 aromatic rings.